The predicted molar refractivity (Wildman–Crippen MR) is 32.5 cm³/mol. The molecule has 0 aromatic rings. The number of likely N-dealkylation sites (tertiary alicyclic amines) is 1. The van der Waals surface area contributed by atoms with Crippen molar-refractivity contribution >= 4 is 0 Å². The van der Waals surface area contributed by atoms with E-state index < -0.39 is 0 Å². The van der Waals surface area contributed by atoms with Crippen LogP contribution in [0.2, 0.25) is 0 Å². The first-order chi connectivity index (χ1) is 3.72. The van der Waals surface area contributed by atoms with Crippen molar-refractivity contribution in [3.63, 3.8) is 0 Å². The summed E-state index contributed by atoms with van der Waals surface area (Å²) < 4.78 is 0. The standard InChI is InChI=1S/C6H13NO/c1-5-3-4-6(8)7(5)2/h5-6,8H,3-4H2,1-2H3. The van der Waals surface area contributed by atoms with Crippen LogP contribution in [-0.2, 0) is 0 Å². The molecule has 0 bridgehead atoms. The molecule has 0 aromatic carbocycles. The van der Waals surface area contributed by atoms with Crippen LogP contribution in [0.15, 0.2) is 0 Å². The maximum absolute atomic E-state index is 9.09. The summed E-state index contributed by atoms with van der Waals surface area (Å²) in [4.78, 5) is 2.00. The van der Waals surface area contributed by atoms with Gasteiger partial charge in [0.05, 0.1) is 0 Å². The van der Waals surface area contributed by atoms with E-state index in [1.807, 2.05) is 11.9 Å². The van der Waals surface area contributed by atoms with Gasteiger partial charge in [-0.2, -0.15) is 0 Å². The minimum absolute atomic E-state index is 0.176. The second-order valence-corrected chi connectivity index (χ2v) is 2.57. The van der Waals surface area contributed by atoms with E-state index in [0.29, 0.717) is 6.04 Å². The van der Waals surface area contributed by atoms with Crippen molar-refractivity contribution in [2.45, 2.75) is 32.0 Å². The third kappa shape index (κ3) is 0.858. The SMILES string of the molecule is CC1CCC(O)N1C. The van der Waals surface area contributed by atoms with Crippen molar-refractivity contribution in [1.82, 2.24) is 4.90 Å². The molecular formula is C6H13NO. The number of aliphatic hydroxyl groups is 1. The summed E-state index contributed by atoms with van der Waals surface area (Å²) >= 11 is 0. The molecule has 8 heavy (non-hydrogen) atoms. The van der Waals surface area contributed by atoms with E-state index in [-0.39, 0.29) is 6.23 Å². The Bertz CT molecular complexity index is 74.6. The first kappa shape index (κ1) is 6.05. The molecule has 1 N–H and O–H groups in total. The van der Waals surface area contributed by atoms with Crippen LogP contribution in [0.25, 0.3) is 0 Å². The molecule has 1 fully saturated rings. The van der Waals surface area contributed by atoms with Gasteiger partial charge < -0.3 is 5.11 Å². The lowest BCUT2D eigenvalue weighted by atomic mass is 10.2. The van der Waals surface area contributed by atoms with Gasteiger partial charge >= 0.3 is 0 Å². The lowest BCUT2D eigenvalue weighted by Gasteiger charge is -2.17. The van der Waals surface area contributed by atoms with E-state index in [4.69, 9.17) is 5.11 Å². The van der Waals surface area contributed by atoms with Crippen molar-refractivity contribution in [1.29, 1.82) is 0 Å². The average molecular weight is 115 g/mol. The van der Waals surface area contributed by atoms with Crippen molar-refractivity contribution in [3.8, 4) is 0 Å². The summed E-state index contributed by atoms with van der Waals surface area (Å²) in [6, 6.07) is 0.574. The van der Waals surface area contributed by atoms with Gasteiger partial charge in [0, 0.05) is 6.04 Å². The van der Waals surface area contributed by atoms with Gasteiger partial charge in [0.1, 0.15) is 6.23 Å². The third-order valence-electron chi connectivity index (χ3n) is 2.01. The monoisotopic (exact) mass is 115 g/mol. The van der Waals surface area contributed by atoms with Crippen LogP contribution in [0.4, 0.5) is 0 Å². The van der Waals surface area contributed by atoms with Gasteiger partial charge in [-0.3, -0.25) is 4.90 Å². The fraction of sp³-hybridized carbons (Fsp3) is 1.00. The quantitative estimate of drug-likeness (QED) is 0.494. The summed E-state index contributed by atoms with van der Waals surface area (Å²) in [5.74, 6) is 0. The van der Waals surface area contributed by atoms with Crippen molar-refractivity contribution in [2.24, 2.45) is 0 Å². The van der Waals surface area contributed by atoms with Crippen LogP contribution in [0.3, 0.4) is 0 Å². The Hall–Kier alpha value is -0.0800. The smallest absolute Gasteiger partial charge is 0.107 e. The van der Waals surface area contributed by atoms with Crippen molar-refractivity contribution < 1.29 is 5.11 Å². The molecule has 0 saturated carbocycles. The van der Waals surface area contributed by atoms with Crippen LogP contribution in [0.5, 0.6) is 0 Å². The molecule has 0 aromatic heterocycles. The molecule has 1 aliphatic heterocycles. The molecule has 0 radical (unpaired) electrons. The number of hydrogen-bond donors (Lipinski definition) is 1. The molecule has 0 amide bonds. The zero-order valence-corrected chi connectivity index (χ0v) is 5.46. The topological polar surface area (TPSA) is 23.5 Å². The van der Waals surface area contributed by atoms with Crippen LogP contribution < -0.4 is 0 Å². The lowest BCUT2D eigenvalue weighted by Crippen LogP contribution is -2.29. The molecule has 48 valence electrons. The zero-order chi connectivity index (χ0) is 6.15. The number of hydrogen-bond acceptors (Lipinski definition) is 2. The molecule has 2 heteroatoms. The molecule has 1 rings (SSSR count). The molecule has 1 aliphatic rings. The summed E-state index contributed by atoms with van der Waals surface area (Å²) in [6.07, 6.45) is 1.90. The maximum Gasteiger partial charge on any atom is 0.107 e. The van der Waals surface area contributed by atoms with Gasteiger partial charge in [0.2, 0.25) is 0 Å². The Kier molecular flexibility index (Phi) is 1.54. The van der Waals surface area contributed by atoms with E-state index in [1.165, 1.54) is 0 Å². The average Bonchev–Trinajstić information content (AvgIpc) is 1.98. The van der Waals surface area contributed by atoms with E-state index in [9.17, 15) is 0 Å². The van der Waals surface area contributed by atoms with E-state index in [2.05, 4.69) is 6.92 Å². The first-order valence-corrected chi connectivity index (χ1v) is 3.12. The highest BCUT2D eigenvalue weighted by atomic mass is 16.3. The first-order valence-electron chi connectivity index (χ1n) is 3.12. The highest BCUT2D eigenvalue weighted by Crippen LogP contribution is 2.18. The molecule has 2 nitrogen and oxygen atoms in total. The summed E-state index contributed by atoms with van der Waals surface area (Å²) in [6.45, 7) is 2.14. The van der Waals surface area contributed by atoms with Crippen LogP contribution in [-0.4, -0.2) is 29.3 Å². The van der Waals surface area contributed by atoms with Crippen LogP contribution in [0, 0.1) is 0 Å². The Morgan fingerprint density at radius 1 is 1.50 bits per heavy atom. The Morgan fingerprint density at radius 2 is 2.12 bits per heavy atom. The largest absolute Gasteiger partial charge is 0.378 e. The van der Waals surface area contributed by atoms with Gasteiger partial charge in [-0.15, -0.1) is 0 Å². The second-order valence-electron chi connectivity index (χ2n) is 2.57. The number of nitrogens with zero attached hydrogens (tertiary/aromatic N) is 1. The van der Waals surface area contributed by atoms with Gasteiger partial charge in [-0.1, -0.05) is 0 Å². The third-order valence-corrected chi connectivity index (χ3v) is 2.01. The Balaban J connectivity index is 2.44. The number of aliphatic hydroxyl groups excluding tert-OH is 1. The van der Waals surface area contributed by atoms with Crippen molar-refractivity contribution in [3.05, 3.63) is 0 Å². The van der Waals surface area contributed by atoms with E-state index in [1.54, 1.807) is 0 Å². The fourth-order valence-corrected chi connectivity index (χ4v) is 1.09. The summed E-state index contributed by atoms with van der Waals surface area (Å²) in [5, 5.41) is 9.09. The minimum Gasteiger partial charge on any atom is -0.378 e. The zero-order valence-electron chi connectivity index (χ0n) is 5.46. The lowest BCUT2D eigenvalue weighted by molar-refractivity contribution is 0.0412. The highest BCUT2D eigenvalue weighted by molar-refractivity contribution is 4.74. The summed E-state index contributed by atoms with van der Waals surface area (Å²) in [5.41, 5.74) is 0. The number of rotatable bonds is 0. The minimum atomic E-state index is -0.176. The highest BCUT2D eigenvalue weighted by Gasteiger charge is 2.24. The second kappa shape index (κ2) is 2.03. The fourth-order valence-electron chi connectivity index (χ4n) is 1.09. The predicted octanol–water partition coefficient (Wildman–Crippen LogP) is 0.419. The van der Waals surface area contributed by atoms with Gasteiger partial charge in [-0.25, -0.2) is 0 Å². The molecule has 1 heterocycles. The molecule has 0 aliphatic carbocycles. The molecule has 1 saturated heterocycles. The Labute approximate surface area is 50.1 Å². The molecule has 0 spiro atoms. The van der Waals surface area contributed by atoms with Gasteiger partial charge in [0.25, 0.3) is 0 Å². The van der Waals surface area contributed by atoms with Gasteiger partial charge in [0.15, 0.2) is 0 Å². The van der Waals surface area contributed by atoms with Gasteiger partial charge in [-0.05, 0) is 26.8 Å². The van der Waals surface area contributed by atoms with E-state index >= 15 is 0 Å². The molecular weight excluding hydrogens is 102 g/mol. The summed E-state index contributed by atoms with van der Waals surface area (Å²) in [7, 11) is 1.96. The Morgan fingerprint density at radius 3 is 2.25 bits per heavy atom. The van der Waals surface area contributed by atoms with E-state index in [0.717, 1.165) is 12.8 Å². The van der Waals surface area contributed by atoms with Crippen LogP contribution >= 0.6 is 0 Å². The van der Waals surface area contributed by atoms with Crippen LogP contribution in [0.1, 0.15) is 19.8 Å². The molecule has 2 atom stereocenters. The maximum atomic E-state index is 9.09. The molecule has 2 unspecified atom stereocenters. The van der Waals surface area contributed by atoms with Crippen molar-refractivity contribution in [2.75, 3.05) is 7.05 Å². The normalized spacial score (nSPS) is 40.9.